The van der Waals surface area contributed by atoms with Crippen molar-refractivity contribution < 1.29 is 9.53 Å². The van der Waals surface area contributed by atoms with E-state index < -0.39 is 0 Å². The van der Waals surface area contributed by atoms with Crippen LogP contribution < -0.4 is 5.32 Å². The average molecular weight is 221 g/mol. The van der Waals surface area contributed by atoms with Gasteiger partial charge in [-0.3, -0.25) is 4.79 Å². The number of carbonyl (C=O) groups excluding carboxylic acids is 1. The van der Waals surface area contributed by atoms with Gasteiger partial charge in [-0.2, -0.15) is 0 Å². The third kappa shape index (κ3) is 5.63. The van der Waals surface area contributed by atoms with E-state index >= 15 is 0 Å². The lowest BCUT2D eigenvalue weighted by Gasteiger charge is -2.04. The van der Waals surface area contributed by atoms with Crippen molar-refractivity contribution >= 4 is 5.78 Å². The molecule has 0 bridgehead atoms. The molecular weight excluding hydrogens is 202 g/mol. The minimum Gasteiger partial charge on any atom is -0.374 e. The highest BCUT2D eigenvalue weighted by Gasteiger charge is 2.00. The molecule has 16 heavy (non-hydrogen) atoms. The fraction of sp³-hybridized carbons (Fsp3) is 0.462. The standard InChI is InChI=1S/C13H19NO2/c1-2-16-11-13(15)8-9-14-10-12-6-4-3-5-7-12/h3-7,14H,2,8-11H2,1H3. The Bertz CT molecular complexity index is 298. The molecule has 3 heteroatoms. The molecule has 0 spiro atoms. The van der Waals surface area contributed by atoms with E-state index in [-0.39, 0.29) is 12.4 Å². The van der Waals surface area contributed by atoms with Crippen molar-refractivity contribution in [2.75, 3.05) is 19.8 Å². The van der Waals surface area contributed by atoms with Crippen LogP contribution in [0, 0.1) is 0 Å². The van der Waals surface area contributed by atoms with Crippen LogP contribution >= 0.6 is 0 Å². The highest BCUT2D eigenvalue weighted by molar-refractivity contribution is 5.79. The van der Waals surface area contributed by atoms with Gasteiger partial charge in [-0.25, -0.2) is 0 Å². The zero-order chi connectivity index (χ0) is 11.6. The van der Waals surface area contributed by atoms with Crippen molar-refractivity contribution in [1.29, 1.82) is 0 Å². The van der Waals surface area contributed by atoms with E-state index in [1.54, 1.807) is 0 Å². The highest BCUT2D eigenvalue weighted by atomic mass is 16.5. The monoisotopic (exact) mass is 221 g/mol. The molecule has 1 N–H and O–H groups in total. The van der Waals surface area contributed by atoms with Crippen molar-refractivity contribution in [3.05, 3.63) is 35.9 Å². The van der Waals surface area contributed by atoms with Crippen LogP contribution in [0.15, 0.2) is 30.3 Å². The minimum atomic E-state index is 0.155. The Labute approximate surface area is 96.8 Å². The molecule has 0 aromatic heterocycles. The Hall–Kier alpha value is -1.19. The summed E-state index contributed by atoms with van der Waals surface area (Å²) in [5.41, 5.74) is 1.24. The first-order valence-electron chi connectivity index (χ1n) is 5.67. The first-order valence-corrected chi connectivity index (χ1v) is 5.67. The number of Topliss-reactive ketones (excluding diaryl/α,β-unsaturated/α-hetero) is 1. The Morgan fingerprint density at radius 2 is 2.06 bits per heavy atom. The lowest BCUT2D eigenvalue weighted by atomic mass is 10.2. The molecule has 1 rings (SSSR count). The second-order valence-corrected chi connectivity index (χ2v) is 3.59. The number of benzene rings is 1. The van der Waals surface area contributed by atoms with Gasteiger partial charge in [-0.15, -0.1) is 0 Å². The molecule has 0 unspecified atom stereocenters. The lowest BCUT2D eigenvalue weighted by Crippen LogP contribution is -2.20. The quantitative estimate of drug-likeness (QED) is 0.680. The maximum Gasteiger partial charge on any atom is 0.159 e. The van der Waals surface area contributed by atoms with Crippen molar-refractivity contribution in [3.8, 4) is 0 Å². The molecule has 88 valence electrons. The molecule has 0 fully saturated rings. The predicted octanol–water partition coefficient (Wildman–Crippen LogP) is 1.77. The van der Waals surface area contributed by atoms with Gasteiger partial charge in [0.05, 0.1) is 0 Å². The van der Waals surface area contributed by atoms with E-state index in [9.17, 15) is 4.79 Å². The van der Waals surface area contributed by atoms with E-state index in [2.05, 4.69) is 17.4 Å². The summed E-state index contributed by atoms with van der Waals surface area (Å²) >= 11 is 0. The molecule has 1 aromatic rings. The van der Waals surface area contributed by atoms with Gasteiger partial charge in [0, 0.05) is 26.1 Å². The first kappa shape index (κ1) is 12.9. The molecule has 0 aliphatic heterocycles. The van der Waals surface area contributed by atoms with Crippen LogP contribution in [-0.4, -0.2) is 25.5 Å². The molecule has 0 radical (unpaired) electrons. The molecule has 0 aliphatic carbocycles. The van der Waals surface area contributed by atoms with Crippen LogP contribution in [0.2, 0.25) is 0 Å². The van der Waals surface area contributed by atoms with Gasteiger partial charge < -0.3 is 10.1 Å². The molecule has 0 aliphatic rings. The first-order chi connectivity index (χ1) is 7.83. The van der Waals surface area contributed by atoms with Crippen LogP contribution in [-0.2, 0) is 16.1 Å². The Morgan fingerprint density at radius 1 is 1.31 bits per heavy atom. The van der Waals surface area contributed by atoms with Gasteiger partial charge in [-0.1, -0.05) is 30.3 Å². The molecule has 0 saturated heterocycles. The summed E-state index contributed by atoms with van der Waals surface area (Å²) < 4.78 is 5.03. The number of hydrogen-bond acceptors (Lipinski definition) is 3. The molecule has 0 amide bonds. The highest BCUT2D eigenvalue weighted by Crippen LogP contribution is 1.97. The molecule has 3 nitrogen and oxygen atoms in total. The summed E-state index contributed by atoms with van der Waals surface area (Å²) in [4.78, 5) is 11.2. The van der Waals surface area contributed by atoms with Crippen LogP contribution in [0.5, 0.6) is 0 Å². The van der Waals surface area contributed by atoms with Crippen molar-refractivity contribution in [3.63, 3.8) is 0 Å². The maximum atomic E-state index is 11.2. The van der Waals surface area contributed by atoms with E-state index in [1.165, 1.54) is 5.56 Å². The van der Waals surface area contributed by atoms with Crippen LogP contribution in [0.4, 0.5) is 0 Å². The van der Waals surface area contributed by atoms with Crippen molar-refractivity contribution in [2.24, 2.45) is 0 Å². The number of ketones is 1. The zero-order valence-electron chi connectivity index (χ0n) is 9.74. The third-order valence-corrected chi connectivity index (χ3v) is 2.22. The second-order valence-electron chi connectivity index (χ2n) is 3.59. The smallest absolute Gasteiger partial charge is 0.159 e. The van der Waals surface area contributed by atoms with E-state index in [4.69, 9.17) is 4.74 Å². The van der Waals surface area contributed by atoms with Crippen LogP contribution in [0.3, 0.4) is 0 Å². The van der Waals surface area contributed by atoms with Gasteiger partial charge in [0.15, 0.2) is 5.78 Å². The number of nitrogens with one attached hydrogen (secondary N) is 1. The molecule has 1 aromatic carbocycles. The van der Waals surface area contributed by atoms with E-state index in [0.29, 0.717) is 19.6 Å². The van der Waals surface area contributed by atoms with Gasteiger partial charge in [0.25, 0.3) is 0 Å². The van der Waals surface area contributed by atoms with Crippen molar-refractivity contribution in [1.82, 2.24) is 5.32 Å². The Morgan fingerprint density at radius 3 is 2.75 bits per heavy atom. The summed E-state index contributed by atoms with van der Waals surface area (Å²) in [6.07, 6.45) is 0.535. The Kier molecular flexibility index (Phi) is 6.45. The van der Waals surface area contributed by atoms with Crippen molar-refractivity contribution in [2.45, 2.75) is 19.9 Å². The molecular formula is C13H19NO2. The number of rotatable bonds is 8. The van der Waals surface area contributed by atoms with Crippen LogP contribution in [0.25, 0.3) is 0 Å². The summed E-state index contributed by atoms with van der Waals surface area (Å²) in [7, 11) is 0. The maximum absolute atomic E-state index is 11.2. The normalized spacial score (nSPS) is 10.3. The second kappa shape index (κ2) is 8.02. The fourth-order valence-electron chi connectivity index (χ4n) is 1.34. The zero-order valence-corrected chi connectivity index (χ0v) is 9.74. The lowest BCUT2D eigenvalue weighted by molar-refractivity contribution is -0.123. The number of carbonyl (C=O) groups is 1. The molecule has 0 saturated carbocycles. The predicted molar refractivity (Wildman–Crippen MR) is 64.3 cm³/mol. The summed E-state index contributed by atoms with van der Waals surface area (Å²) in [5.74, 6) is 0.155. The minimum absolute atomic E-state index is 0.155. The van der Waals surface area contributed by atoms with Crippen LogP contribution in [0.1, 0.15) is 18.9 Å². The fourth-order valence-corrected chi connectivity index (χ4v) is 1.34. The van der Waals surface area contributed by atoms with Gasteiger partial charge >= 0.3 is 0 Å². The van der Waals surface area contributed by atoms with Gasteiger partial charge in [0.1, 0.15) is 6.61 Å². The summed E-state index contributed by atoms with van der Waals surface area (Å²) in [5, 5.41) is 3.23. The topological polar surface area (TPSA) is 38.3 Å². The largest absolute Gasteiger partial charge is 0.374 e. The van der Waals surface area contributed by atoms with E-state index in [1.807, 2.05) is 25.1 Å². The Balaban J connectivity index is 2.06. The van der Waals surface area contributed by atoms with Gasteiger partial charge in [0.2, 0.25) is 0 Å². The average Bonchev–Trinajstić information content (AvgIpc) is 2.33. The third-order valence-electron chi connectivity index (χ3n) is 2.22. The van der Waals surface area contributed by atoms with E-state index in [0.717, 1.165) is 6.54 Å². The number of hydrogen-bond donors (Lipinski definition) is 1. The number of ether oxygens (including phenoxy) is 1. The molecule has 0 atom stereocenters. The summed E-state index contributed by atoms with van der Waals surface area (Å²) in [6.45, 7) is 4.25. The SMILES string of the molecule is CCOCC(=O)CCNCc1ccccc1. The molecule has 0 heterocycles. The van der Waals surface area contributed by atoms with Gasteiger partial charge in [-0.05, 0) is 12.5 Å². The summed E-state index contributed by atoms with van der Waals surface area (Å²) in [6, 6.07) is 10.1.